The van der Waals surface area contributed by atoms with E-state index in [2.05, 4.69) is 0 Å². The molecule has 0 aromatic rings. The van der Waals surface area contributed by atoms with Gasteiger partial charge in [-0.1, -0.05) is 34.6 Å². The maximum absolute atomic E-state index is 11.2. The molecule has 0 saturated carbocycles. The van der Waals surface area contributed by atoms with Gasteiger partial charge in [-0.05, 0) is 19.3 Å². The monoisotopic (exact) mass is 229 g/mol. The molecule has 1 aliphatic heterocycles. The van der Waals surface area contributed by atoms with E-state index < -0.39 is 0 Å². The highest BCUT2D eigenvalue weighted by Gasteiger charge is 2.35. The second kappa shape index (κ2) is 9.37. The highest BCUT2D eigenvalue weighted by molar-refractivity contribution is 5.87. The first kappa shape index (κ1) is 17.5. The number of nitrogens with zero attached hydrogens (tertiary/aromatic N) is 1. The Bertz CT molecular complexity index is 214. The third kappa shape index (κ3) is 4.77. The van der Waals surface area contributed by atoms with Crippen LogP contribution in [-0.2, 0) is 9.59 Å². The van der Waals surface area contributed by atoms with Gasteiger partial charge in [0.2, 0.25) is 5.91 Å². The standard InChI is InChI=1S/C9H15NO2.2C2H6/c1-6-4-5-10(8(3)12)9(6)7(2)11;2*1-2/h6,9H,4-5H2,1-3H3;2*1-2H3. The lowest BCUT2D eigenvalue weighted by Crippen LogP contribution is -2.40. The van der Waals surface area contributed by atoms with Gasteiger partial charge in [-0.3, -0.25) is 9.59 Å². The number of rotatable bonds is 1. The van der Waals surface area contributed by atoms with Crippen molar-refractivity contribution in [1.29, 1.82) is 0 Å². The van der Waals surface area contributed by atoms with Crippen LogP contribution in [0.25, 0.3) is 0 Å². The van der Waals surface area contributed by atoms with Gasteiger partial charge in [-0.25, -0.2) is 0 Å². The number of amides is 1. The van der Waals surface area contributed by atoms with Crippen LogP contribution in [0.1, 0.15) is 54.9 Å². The number of Topliss-reactive ketones (excluding diaryl/α,β-unsaturated/α-hetero) is 1. The first-order chi connectivity index (χ1) is 7.54. The Kier molecular flexibility index (Phi) is 10.3. The fourth-order valence-corrected chi connectivity index (χ4v) is 1.92. The average molecular weight is 229 g/mol. The van der Waals surface area contributed by atoms with Gasteiger partial charge in [-0.15, -0.1) is 0 Å². The maximum Gasteiger partial charge on any atom is 0.220 e. The lowest BCUT2D eigenvalue weighted by atomic mass is 10.00. The molecule has 1 saturated heterocycles. The topological polar surface area (TPSA) is 37.4 Å². The predicted molar refractivity (Wildman–Crippen MR) is 68.3 cm³/mol. The highest BCUT2D eigenvalue weighted by atomic mass is 16.2. The van der Waals surface area contributed by atoms with Crippen molar-refractivity contribution in [2.45, 2.75) is 60.9 Å². The second-order valence-corrected chi connectivity index (χ2v) is 3.53. The minimum Gasteiger partial charge on any atom is -0.333 e. The average Bonchev–Trinajstić information content (AvgIpc) is 2.66. The van der Waals surface area contributed by atoms with Crippen molar-refractivity contribution in [3.05, 3.63) is 0 Å². The summed E-state index contributed by atoms with van der Waals surface area (Å²) in [4.78, 5) is 23.9. The molecule has 0 aliphatic carbocycles. The Morgan fingerprint density at radius 2 is 1.50 bits per heavy atom. The van der Waals surface area contributed by atoms with Crippen LogP contribution in [0.3, 0.4) is 0 Å². The second-order valence-electron chi connectivity index (χ2n) is 3.53. The molecule has 16 heavy (non-hydrogen) atoms. The van der Waals surface area contributed by atoms with E-state index in [0.717, 1.165) is 13.0 Å². The van der Waals surface area contributed by atoms with Gasteiger partial charge in [0.15, 0.2) is 5.78 Å². The van der Waals surface area contributed by atoms with E-state index in [0.29, 0.717) is 5.92 Å². The normalized spacial score (nSPS) is 22.6. The van der Waals surface area contributed by atoms with Gasteiger partial charge in [0.05, 0.1) is 6.04 Å². The minimum atomic E-state index is -0.164. The molecule has 0 aromatic heterocycles. The number of ketones is 1. The van der Waals surface area contributed by atoms with Crippen LogP contribution >= 0.6 is 0 Å². The summed E-state index contributed by atoms with van der Waals surface area (Å²) >= 11 is 0. The van der Waals surface area contributed by atoms with Crippen molar-refractivity contribution in [3.63, 3.8) is 0 Å². The van der Waals surface area contributed by atoms with Crippen LogP contribution in [0.5, 0.6) is 0 Å². The molecular weight excluding hydrogens is 202 g/mol. The van der Waals surface area contributed by atoms with E-state index >= 15 is 0 Å². The van der Waals surface area contributed by atoms with E-state index in [4.69, 9.17) is 0 Å². The van der Waals surface area contributed by atoms with E-state index in [1.165, 1.54) is 6.92 Å². The van der Waals surface area contributed by atoms with Crippen molar-refractivity contribution >= 4 is 11.7 Å². The lowest BCUT2D eigenvalue weighted by Gasteiger charge is -2.22. The van der Waals surface area contributed by atoms with Crippen LogP contribution in [-0.4, -0.2) is 29.2 Å². The molecule has 96 valence electrons. The van der Waals surface area contributed by atoms with Crippen molar-refractivity contribution in [1.82, 2.24) is 4.90 Å². The molecule has 0 radical (unpaired) electrons. The van der Waals surface area contributed by atoms with Crippen LogP contribution in [0.4, 0.5) is 0 Å². The van der Waals surface area contributed by atoms with E-state index in [1.54, 1.807) is 11.8 Å². The molecule has 1 fully saturated rings. The fourth-order valence-electron chi connectivity index (χ4n) is 1.92. The summed E-state index contributed by atoms with van der Waals surface area (Å²) in [5.74, 6) is 0.446. The summed E-state index contributed by atoms with van der Waals surface area (Å²) in [6.07, 6.45) is 0.948. The zero-order chi connectivity index (χ0) is 13.3. The Labute approximate surface area is 100 Å². The molecule has 3 nitrogen and oxygen atoms in total. The third-order valence-corrected chi connectivity index (χ3v) is 2.52. The smallest absolute Gasteiger partial charge is 0.220 e. The molecular formula is C13H27NO2. The number of hydrogen-bond acceptors (Lipinski definition) is 2. The first-order valence-corrected chi connectivity index (χ1v) is 6.31. The van der Waals surface area contributed by atoms with Crippen molar-refractivity contribution in [3.8, 4) is 0 Å². The molecule has 0 aromatic carbocycles. The number of likely N-dealkylation sites (tertiary alicyclic amines) is 1. The number of hydrogen-bond donors (Lipinski definition) is 0. The molecule has 3 heteroatoms. The van der Waals surface area contributed by atoms with Crippen LogP contribution in [0.15, 0.2) is 0 Å². The van der Waals surface area contributed by atoms with Gasteiger partial charge in [-0.2, -0.15) is 0 Å². The predicted octanol–water partition coefficient (Wildman–Crippen LogP) is 2.88. The number of carbonyl (C=O) groups excluding carboxylic acids is 2. The van der Waals surface area contributed by atoms with Crippen LogP contribution in [0, 0.1) is 5.92 Å². The molecule has 2 atom stereocenters. The quantitative estimate of drug-likeness (QED) is 0.693. The Morgan fingerprint density at radius 1 is 1.06 bits per heavy atom. The van der Waals surface area contributed by atoms with E-state index in [-0.39, 0.29) is 17.7 Å². The molecule has 2 unspecified atom stereocenters. The van der Waals surface area contributed by atoms with Crippen LogP contribution < -0.4 is 0 Å². The van der Waals surface area contributed by atoms with Gasteiger partial charge in [0, 0.05) is 13.5 Å². The first-order valence-electron chi connectivity index (χ1n) is 6.31. The largest absolute Gasteiger partial charge is 0.333 e. The summed E-state index contributed by atoms with van der Waals surface area (Å²) in [5.41, 5.74) is 0. The number of carbonyl (C=O) groups is 2. The summed E-state index contributed by atoms with van der Waals surface area (Å²) in [5, 5.41) is 0. The SMILES string of the molecule is CC.CC.CC(=O)C1C(C)CCN1C(C)=O. The summed E-state index contributed by atoms with van der Waals surface area (Å²) in [6.45, 7) is 13.8. The third-order valence-electron chi connectivity index (χ3n) is 2.52. The molecule has 1 heterocycles. The molecule has 1 aliphatic rings. The van der Waals surface area contributed by atoms with Gasteiger partial charge < -0.3 is 4.90 Å². The van der Waals surface area contributed by atoms with Gasteiger partial charge in [0.1, 0.15) is 0 Å². The molecule has 1 amide bonds. The zero-order valence-electron chi connectivity index (χ0n) is 11.8. The van der Waals surface area contributed by atoms with Crippen molar-refractivity contribution < 1.29 is 9.59 Å². The lowest BCUT2D eigenvalue weighted by molar-refractivity contribution is -0.135. The van der Waals surface area contributed by atoms with Gasteiger partial charge >= 0.3 is 0 Å². The van der Waals surface area contributed by atoms with Gasteiger partial charge in [0.25, 0.3) is 0 Å². The zero-order valence-corrected chi connectivity index (χ0v) is 11.8. The highest BCUT2D eigenvalue weighted by Crippen LogP contribution is 2.24. The van der Waals surface area contributed by atoms with Crippen LogP contribution in [0.2, 0.25) is 0 Å². The Hall–Kier alpha value is -0.860. The molecule has 1 rings (SSSR count). The van der Waals surface area contributed by atoms with Crippen molar-refractivity contribution in [2.75, 3.05) is 6.54 Å². The maximum atomic E-state index is 11.2. The molecule has 0 bridgehead atoms. The minimum absolute atomic E-state index is 0.0135. The van der Waals surface area contributed by atoms with E-state index in [1.807, 2.05) is 34.6 Å². The summed E-state index contributed by atoms with van der Waals surface area (Å²) in [6, 6.07) is -0.164. The summed E-state index contributed by atoms with van der Waals surface area (Å²) < 4.78 is 0. The summed E-state index contributed by atoms with van der Waals surface area (Å²) in [7, 11) is 0. The Balaban J connectivity index is 0. The fraction of sp³-hybridized carbons (Fsp3) is 0.846. The van der Waals surface area contributed by atoms with Crippen molar-refractivity contribution in [2.24, 2.45) is 5.92 Å². The molecule has 0 spiro atoms. The molecule has 0 N–H and O–H groups in total. The Morgan fingerprint density at radius 3 is 1.75 bits per heavy atom. The van der Waals surface area contributed by atoms with E-state index in [9.17, 15) is 9.59 Å².